The second kappa shape index (κ2) is 4.67. The van der Waals surface area contributed by atoms with Crippen molar-refractivity contribution in [3.63, 3.8) is 0 Å². The Morgan fingerprint density at radius 1 is 1.54 bits per heavy atom. The smallest absolute Gasteiger partial charge is 0.213 e. The third kappa shape index (κ3) is 2.59. The van der Waals surface area contributed by atoms with Crippen molar-refractivity contribution >= 4 is 5.69 Å². The van der Waals surface area contributed by atoms with E-state index in [9.17, 15) is 0 Å². The topological polar surface area (TPSA) is 37.4 Å². The van der Waals surface area contributed by atoms with E-state index in [2.05, 4.69) is 10.4 Å². The fourth-order valence-electron chi connectivity index (χ4n) is 0.933. The molecule has 0 spiro atoms. The first-order chi connectivity index (χ1) is 6.27. The molecule has 0 aromatic carbocycles. The van der Waals surface area contributed by atoms with Crippen molar-refractivity contribution in [1.82, 2.24) is 10.4 Å². The SMILES string of the molecule is CCOc1ccc(N(C)NC)cn1. The largest absolute Gasteiger partial charge is 0.478 e. The number of ether oxygens (including phenoxy) is 1. The van der Waals surface area contributed by atoms with Crippen LogP contribution in [0.3, 0.4) is 0 Å². The van der Waals surface area contributed by atoms with Gasteiger partial charge < -0.3 is 9.75 Å². The second-order valence-electron chi connectivity index (χ2n) is 2.57. The molecule has 0 aliphatic heterocycles. The lowest BCUT2D eigenvalue weighted by Crippen LogP contribution is -2.30. The number of rotatable bonds is 4. The molecule has 0 saturated carbocycles. The Labute approximate surface area is 78.5 Å². The predicted octanol–water partition coefficient (Wildman–Crippen LogP) is 1.05. The van der Waals surface area contributed by atoms with Crippen molar-refractivity contribution in [2.24, 2.45) is 0 Å². The quantitative estimate of drug-likeness (QED) is 0.704. The van der Waals surface area contributed by atoms with E-state index in [1.807, 2.05) is 38.2 Å². The van der Waals surface area contributed by atoms with Crippen LogP contribution in [0.4, 0.5) is 5.69 Å². The molecule has 4 nitrogen and oxygen atoms in total. The van der Waals surface area contributed by atoms with Gasteiger partial charge in [0.1, 0.15) is 0 Å². The molecular formula is C9H15N3O. The standard InChI is InChI=1S/C9H15N3O/c1-4-13-9-6-5-8(7-11-9)12(3)10-2/h5-7,10H,4H2,1-3H3. The van der Waals surface area contributed by atoms with Gasteiger partial charge >= 0.3 is 0 Å². The summed E-state index contributed by atoms with van der Waals surface area (Å²) in [4.78, 5) is 4.13. The van der Waals surface area contributed by atoms with Crippen molar-refractivity contribution in [2.75, 3.05) is 25.7 Å². The zero-order chi connectivity index (χ0) is 9.68. The van der Waals surface area contributed by atoms with Gasteiger partial charge in [0.15, 0.2) is 0 Å². The molecule has 0 amide bonds. The van der Waals surface area contributed by atoms with Gasteiger partial charge in [-0.1, -0.05) is 0 Å². The summed E-state index contributed by atoms with van der Waals surface area (Å²) >= 11 is 0. The van der Waals surface area contributed by atoms with Gasteiger partial charge in [0.05, 0.1) is 18.5 Å². The summed E-state index contributed by atoms with van der Waals surface area (Å²) in [5.74, 6) is 0.663. The highest BCUT2D eigenvalue weighted by molar-refractivity contribution is 5.43. The molecule has 0 aliphatic carbocycles. The molecule has 1 aromatic heterocycles. The maximum absolute atomic E-state index is 5.22. The fraction of sp³-hybridized carbons (Fsp3) is 0.444. The van der Waals surface area contributed by atoms with Gasteiger partial charge in [0, 0.05) is 20.2 Å². The Bertz CT molecular complexity index is 248. The Morgan fingerprint density at radius 2 is 2.31 bits per heavy atom. The van der Waals surface area contributed by atoms with E-state index < -0.39 is 0 Å². The van der Waals surface area contributed by atoms with Crippen LogP contribution in [0.15, 0.2) is 18.3 Å². The molecule has 0 fully saturated rings. The summed E-state index contributed by atoms with van der Waals surface area (Å²) in [7, 11) is 3.79. The van der Waals surface area contributed by atoms with E-state index in [0.717, 1.165) is 5.69 Å². The summed E-state index contributed by atoms with van der Waals surface area (Å²) in [5, 5.41) is 1.88. The number of nitrogens with zero attached hydrogens (tertiary/aromatic N) is 2. The zero-order valence-electron chi connectivity index (χ0n) is 8.24. The van der Waals surface area contributed by atoms with Gasteiger partial charge in [0.25, 0.3) is 0 Å². The van der Waals surface area contributed by atoms with E-state index >= 15 is 0 Å². The van der Waals surface area contributed by atoms with Crippen molar-refractivity contribution in [3.8, 4) is 5.88 Å². The Balaban J connectivity index is 2.69. The maximum atomic E-state index is 5.22. The van der Waals surface area contributed by atoms with Crippen LogP contribution in [0.25, 0.3) is 0 Å². The van der Waals surface area contributed by atoms with Gasteiger partial charge in [0.2, 0.25) is 5.88 Å². The minimum Gasteiger partial charge on any atom is -0.478 e. The molecule has 0 aliphatic rings. The monoisotopic (exact) mass is 181 g/mol. The summed E-state index contributed by atoms with van der Waals surface area (Å²) < 4.78 is 5.22. The van der Waals surface area contributed by atoms with Crippen molar-refractivity contribution in [1.29, 1.82) is 0 Å². The molecule has 13 heavy (non-hydrogen) atoms. The van der Waals surface area contributed by atoms with Crippen LogP contribution >= 0.6 is 0 Å². The molecule has 0 saturated heterocycles. The first-order valence-electron chi connectivity index (χ1n) is 4.28. The van der Waals surface area contributed by atoms with Gasteiger partial charge in [-0.15, -0.1) is 0 Å². The van der Waals surface area contributed by atoms with E-state index in [1.54, 1.807) is 6.20 Å². The summed E-state index contributed by atoms with van der Waals surface area (Å²) in [6, 6.07) is 3.81. The third-order valence-electron chi connectivity index (χ3n) is 1.74. The van der Waals surface area contributed by atoms with Gasteiger partial charge in [-0.05, 0) is 13.0 Å². The lowest BCUT2D eigenvalue weighted by atomic mass is 10.4. The highest BCUT2D eigenvalue weighted by Crippen LogP contribution is 2.13. The molecule has 0 radical (unpaired) electrons. The minimum absolute atomic E-state index is 0.647. The summed E-state index contributed by atoms with van der Waals surface area (Å²) in [6.07, 6.45) is 1.77. The lowest BCUT2D eigenvalue weighted by Gasteiger charge is -2.16. The average Bonchev–Trinajstić information content (AvgIpc) is 2.18. The van der Waals surface area contributed by atoms with Gasteiger partial charge in [-0.3, -0.25) is 0 Å². The van der Waals surface area contributed by atoms with Crippen LogP contribution in [0.1, 0.15) is 6.92 Å². The third-order valence-corrected chi connectivity index (χ3v) is 1.74. The zero-order valence-corrected chi connectivity index (χ0v) is 8.24. The highest BCUT2D eigenvalue weighted by atomic mass is 16.5. The summed E-state index contributed by atoms with van der Waals surface area (Å²) in [5.41, 5.74) is 3.99. The minimum atomic E-state index is 0.647. The normalized spacial score (nSPS) is 9.77. The molecule has 1 rings (SSSR count). The maximum Gasteiger partial charge on any atom is 0.213 e. The first-order valence-corrected chi connectivity index (χ1v) is 4.28. The van der Waals surface area contributed by atoms with Crippen LogP contribution in [-0.2, 0) is 0 Å². The number of hydrazine groups is 1. The van der Waals surface area contributed by atoms with Crippen LogP contribution in [0.5, 0.6) is 5.88 Å². The van der Waals surface area contributed by atoms with E-state index in [4.69, 9.17) is 4.74 Å². The Hall–Kier alpha value is -1.29. The van der Waals surface area contributed by atoms with Crippen LogP contribution in [0.2, 0.25) is 0 Å². The fourth-order valence-corrected chi connectivity index (χ4v) is 0.933. The average molecular weight is 181 g/mol. The van der Waals surface area contributed by atoms with E-state index in [-0.39, 0.29) is 0 Å². The molecule has 72 valence electrons. The van der Waals surface area contributed by atoms with Crippen LogP contribution < -0.4 is 15.2 Å². The van der Waals surface area contributed by atoms with Crippen LogP contribution in [0, 0.1) is 0 Å². The van der Waals surface area contributed by atoms with Crippen LogP contribution in [-0.4, -0.2) is 25.7 Å². The molecule has 0 bridgehead atoms. The number of aromatic nitrogens is 1. The Morgan fingerprint density at radius 3 is 2.77 bits per heavy atom. The van der Waals surface area contributed by atoms with Gasteiger partial charge in [-0.25, -0.2) is 10.4 Å². The molecule has 1 heterocycles. The molecule has 1 aromatic rings. The Kier molecular flexibility index (Phi) is 3.52. The predicted molar refractivity (Wildman–Crippen MR) is 52.9 cm³/mol. The summed E-state index contributed by atoms with van der Waals surface area (Å²) in [6.45, 7) is 2.59. The number of hydrogen-bond acceptors (Lipinski definition) is 4. The lowest BCUT2D eigenvalue weighted by molar-refractivity contribution is 0.327. The van der Waals surface area contributed by atoms with Gasteiger partial charge in [-0.2, -0.15) is 0 Å². The molecule has 1 N–H and O–H groups in total. The van der Waals surface area contributed by atoms with E-state index in [1.165, 1.54) is 0 Å². The number of hydrogen-bond donors (Lipinski definition) is 1. The highest BCUT2D eigenvalue weighted by Gasteiger charge is 1.98. The number of anilines is 1. The van der Waals surface area contributed by atoms with Crippen molar-refractivity contribution < 1.29 is 4.74 Å². The van der Waals surface area contributed by atoms with Crippen molar-refractivity contribution in [3.05, 3.63) is 18.3 Å². The number of pyridine rings is 1. The first kappa shape index (κ1) is 9.80. The molecular weight excluding hydrogens is 166 g/mol. The van der Waals surface area contributed by atoms with Crippen molar-refractivity contribution in [2.45, 2.75) is 6.92 Å². The molecule has 0 atom stereocenters. The molecule has 0 unspecified atom stereocenters. The van der Waals surface area contributed by atoms with E-state index in [0.29, 0.717) is 12.5 Å². The number of nitrogens with one attached hydrogen (secondary N) is 1. The molecule has 4 heteroatoms. The second-order valence-corrected chi connectivity index (χ2v) is 2.57.